The third-order valence-electron chi connectivity index (χ3n) is 7.08. The summed E-state index contributed by atoms with van der Waals surface area (Å²) in [6, 6.07) is 16.8. The van der Waals surface area contributed by atoms with Gasteiger partial charge in [0.25, 0.3) is 0 Å². The number of nitrogens with zero attached hydrogens (tertiary/aromatic N) is 3. The summed E-state index contributed by atoms with van der Waals surface area (Å²) in [5, 5.41) is 2.93. The van der Waals surface area contributed by atoms with Gasteiger partial charge in [0.1, 0.15) is 5.52 Å². The lowest BCUT2D eigenvalue weighted by Crippen LogP contribution is -2.48. The smallest absolute Gasteiger partial charge is 0.416 e. The number of oxazole rings is 1. The number of rotatable bonds is 6. The molecule has 39 heavy (non-hydrogen) atoms. The van der Waals surface area contributed by atoms with Gasteiger partial charge >= 0.3 is 6.18 Å². The maximum Gasteiger partial charge on any atom is 0.416 e. The summed E-state index contributed by atoms with van der Waals surface area (Å²) in [5.74, 6) is 0.821. The average molecular weight is 537 g/mol. The largest absolute Gasteiger partial charge is 0.436 e. The number of carbonyl (C=O) groups excluding carboxylic acids is 1. The van der Waals surface area contributed by atoms with E-state index in [0.717, 1.165) is 40.0 Å². The van der Waals surface area contributed by atoms with Crippen LogP contribution in [0.2, 0.25) is 0 Å². The van der Waals surface area contributed by atoms with Crippen molar-refractivity contribution in [2.24, 2.45) is 0 Å². The van der Waals surface area contributed by atoms with Gasteiger partial charge in [-0.2, -0.15) is 13.2 Å². The number of nitrogens with one attached hydrogen (secondary N) is 1. The molecule has 1 aliphatic rings. The van der Waals surface area contributed by atoms with Gasteiger partial charge in [-0.15, -0.1) is 0 Å². The molecule has 3 aromatic carbocycles. The molecule has 0 bridgehead atoms. The molecule has 1 amide bonds. The van der Waals surface area contributed by atoms with Crippen molar-refractivity contribution in [3.05, 3.63) is 77.4 Å². The van der Waals surface area contributed by atoms with E-state index in [2.05, 4.69) is 36.3 Å². The number of aromatic nitrogens is 1. The van der Waals surface area contributed by atoms with Crippen LogP contribution >= 0.6 is 0 Å². The number of hydrogen-bond donors (Lipinski definition) is 1. The summed E-state index contributed by atoms with van der Waals surface area (Å²) in [6.45, 7) is 9.12. The second-order valence-corrected chi connectivity index (χ2v) is 10.3. The number of amides is 1. The summed E-state index contributed by atoms with van der Waals surface area (Å²) >= 11 is 0. The monoisotopic (exact) mass is 536 g/mol. The third kappa shape index (κ3) is 6.09. The van der Waals surface area contributed by atoms with Crippen LogP contribution < -0.4 is 10.2 Å². The van der Waals surface area contributed by atoms with E-state index >= 15 is 0 Å². The standard InChI is InChI=1S/C30H31F3N4O2/c1-19(2)22-16-20(3)28-26(17-22)35-29(39-28)21-4-8-24(9-5-21)34-27(38)18-36-12-14-37(15-13-36)25-10-6-23(7-11-25)30(31,32)33/h4-11,16-17,19H,12-15,18H2,1-3H3,(H,34,38). The molecule has 204 valence electrons. The lowest BCUT2D eigenvalue weighted by atomic mass is 10.0. The van der Waals surface area contributed by atoms with Crippen molar-refractivity contribution in [3.8, 4) is 11.5 Å². The Bertz CT molecular complexity index is 1450. The van der Waals surface area contributed by atoms with Gasteiger partial charge in [-0.25, -0.2) is 4.98 Å². The van der Waals surface area contributed by atoms with Crippen LogP contribution in [-0.2, 0) is 11.0 Å². The molecular weight excluding hydrogens is 505 g/mol. The molecule has 0 unspecified atom stereocenters. The van der Waals surface area contributed by atoms with Crippen LogP contribution in [0.4, 0.5) is 24.5 Å². The number of fused-ring (bicyclic) bond motifs is 1. The quantitative estimate of drug-likeness (QED) is 0.297. The second kappa shape index (κ2) is 10.7. The van der Waals surface area contributed by atoms with Gasteiger partial charge in [0.15, 0.2) is 5.58 Å². The molecule has 1 aliphatic heterocycles. The van der Waals surface area contributed by atoms with Crippen molar-refractivity contribution in [3.63, 3.8) is 0 Å². The minimum atomic E-state index is -4.34. The predicted molar refractivity (Wildman–Crippen MR) is 147 cm³/mol. The molecule has 9 heteroatoms. The first kappa shape index (κ1) is 26.7. The van der Waals surface area contributed by atoms with Gasteiger partial charge < -0.3 is 14.6 Å². The summed E-state index contributed by atoms with van der Waals surface area (Å²) in [7, 11) is 0. The maximum absolute atomic E-state index is 12.8. The molecule has 0 radical (unpaired) electrons. The fraction of sp³-hybridized carbons (Fsp3) is 0.333. The summed E-state index contributed by atoms with van der Waals surface area (Å²) in [6.07, 6.45) is -4.34. The zero-order valence-corrected chi connectivity index (χ0v) is 22.2. The molecule has 5 rings (SSSR count). The number of anilines is 2. The molecule has 6 nitrogen and oxygen atoms in total. The normalized spacial score (nSPS) is 14.8. The number of alkyl halides is 3. The molecule has 1 aromatic heterocycles. The molecule has 2 heterocycles. The first-order chi connectivity index (χ1) is 18.6. The van der Waals surface area contributed by atoms with E-state index in [4.69, 9.17) is 4.42 Å². The minimum absolute atomic E-state index is 0.121. The first-order valence-corrected chi connectivity index (χ1v) is 13.0. The highest BCUT2D eigenvalue weighted by Gasteiger charge is 2.30. The summed E-state index contributed by atoms with van der Waals surface area (Å²) in [4.78, 5) is 21.4. The second-order valence-electron chi connectivity index (χ2n) is 10.3. The molecule has 1 N–H and O–H groups in total. The maximum atomic E-state index is 12.8. The Kier molecular flexibility index (Phi) is 7.36. The Hall–Kier alpha value is -3.85. The van der Waals surface area contributed by atoms with Crippen molar-refractivity contribution >= 4 is 28.4 Å². The van der Waals surface area contributed by atoms with Crippen molar-refractivity contribution < 1.29 is 22.4 Å². The molecule has 1 fully saturated rings. The lowest BCUT2D eigenvalue weighted by molar-refractivity contribution is -0.137. The number of halogens is 3. The zero-order chi connectivity index (χ0) is 27.7. The fourth-order valence-electron chi connectivity index (χ4n) is 4.81. The van der Waals surface area contributed by atoms with E-state index in [1.165, 1.54) is 17.7 Å². The lowest BCUT2D eigenvalue weighted by Gasteiger charge is -2.35. The highest BCUT2D eigenvalue weighted by molar-refractivity contribution is 5.92. The highest BCUT2D eigenvalue weighted by Crippen LogP contribution is 2.31. The van der Waals surface area contributed by atoms with Gasteiger partial charge in [0.05, 0.1) is 12.1 Å². The molecule has 0 saturated carbocycles. The van der Waals surface area contributed by atoms with Crippen LogP contribution in [0, 0.1) is 6.92 Å². The zero-order valence-electron chi connectivity index (χ0n) is 22.2. The Morgan fingerprint density at radius 1 is 1.00 bits per heavy atom. The third-order valence-corrected chi connectivity index (χ3v) is 7.08. The molecule has 1 saturated heterocycles. The SMILES string of the molecule is Cc1cc(C(C)C)cc2nc(-c3ccc(NC(=O)CN4CCN(c5ccc(C(F)(F)F)cc5)CC4)cc3)oc12. The molecular formula is C30H31F3N4O2. The van der Waals surface area contributed by atoms with E-state index in [9.17, 15) is 18.0 Å². The van der Waals surface area contributed by atoms with E-state index in [1.54, 1.807) is 0 Å². The molecule has 0 atom stereocenters. The Morgan fingerprint density at radius 3 is 2.28 bits per heavy atom. The van der Waals surface area contributed by atoms with Crippen LogP contribution in [0.25, 0.3) is 22.6 Å². The first-order valence-electron chi connectivity index (χ1n) is 13.0. The van der Waals surface area contributed by atoms with E-state index in [-0.39, 0.29) is 12.5 Å². The summed E-state index contributed by atoms with van der Waals surface area (Å²) in [5.41, 5.74) is 5.50. The summed E-state index contributed by atoms with van der Waals surface area (Å²) < 4.78 is 44.5. The van der Waals surface area contributed by atoms with Crippen molar-refractivity contribution in [2.45, 2.75) is 32.9 Å². The predicted octanol–water partition coefficient (Wildman–Crippen LogP) is 6.71. The molecule has 4 aromatic rings. The highest BCUT2D eigenvalue weighted by atomic mass is 19.4. The number of hydrogen-bond acceptors (Lipinski definition) is 5. The minimum Gasteiger partial charge on any atom is -0.436 e. The Labute approximate surface area is 225 Å². The molecule has 0 spiro atoms. The topological polar surface area (TPSA) is 61.6 Å². The van der Waals surface area contributed by atoms with Gasteiger partial charge in [-0.05, 0) is 78.6 Å². The number of benzene rings is 3. The van der Waals surface area contributed by atoms with Gasteiger partial charge in [0, 0.05) is 43.1 Å². The van der Waals surface area contributed by atoms with Crippen molar-refractivity contribution in [1.82, 2.24) is 9.88 Å². The van der Waals surface area contributed by atoms with E-state index < -0.39 is 11.7 Å². The van der Waals surface area contributed by atoms with Gasteiger partial charge in [-0.1, -0.05) is 19.9 Å². The average Bonchev–Trinajstić information content (AvgIpc) is 3.34. The molecule has 0 aliphatic carbocycles. The van der Waals surface area contributed by atoms with Crippen molar-refractivity contribution in [1.29, 1.82) is 0 Å². The van der Waals surface area contributed by atoms with Gasteiger partial charge in [0.2, 0.25) is 11.8 Å². The van der Waals surface area contributed by atoms with Crippen LogP contribution in [-0.4, -0.2) is 48.5 Å². The van der Waals surface area contributed by atoms with Crippen LogP contribution in [0.1, 0.15) is 36.5 Å². The van der Waals surface area contributed by atoms with Crippen LogP contribution in [0.5, 0.6) is 0 Å². The van der Waals surface area contributed by atoms with E-state index in [0.29, 0.717) is 43.7 Å². The van der Waals surface area contributed by atoms with Crippen molar-refractivity contribution in [2.75, 3.05) is 42.9 Å². The Balaban J connectivity index is 1.15. The van der Waals surface area contributed by atoms with E-state index in [1.807, 2.05) is 41.0 Å². The van der Waals surface area contributed by atoms with Gasteiger partial charge in [-0.3, -0.25) is 9.69 Å². The number of piperazine rings is 1. The Morgan fingerprint density at radius 2 is 1.67 bits per heavy atom. The fourth-order valence-corrected chi connectivity index (χ4v) is 4.81. The number of aryl methyl sites for hydroxylation is 1. The number of carbonyl (C=O) groups is 1. The van der Waals surface area contributed by atoms with Crippen LogP contribution in [0.3, 0.4) is 0 Å². The van der Waals surface area contributed by atoms with Crippen LogP contribution in [0.15, 0.2) is 65.1 Å².